The van der Waals surface area contributed by atoms with Gasteiger partial charge in [0, 0.05) is 64.9 Å². The zero-order chi connectivity index (χ0) is 26.8. The molecule has 11 nitrogen and oxygen atoms in total. The topological polar surface area (TPSA) is 120 Å². The standard InChI is InChI=1S/C25H40N6O5S/c1-25(2,3)23-27-21-17-20(5-6-22(21)31(23)18-19-7-15-36-16-8-19)28(4)37(34,35)30-12-10-29(11-13-30)24(33)26-9-14-32/h5-6,17,19,32H,7-16,18H2,1-4H3,(H,26,33). The van der Waals surface area contributed by atoms with E-state index in [0.29, 0.717) is 11.6 Å². The lowest BCUT2D eigenvalue weighted by Crippen LogP contribution is -2.55. The number of aliphatic hydroxyl groups excluding tert-OH is 1. The number of hydrogen-bond donors (Lipinski definition) is 2. The number of amides is 2. The van der Waals surface area contributed by atoms with Gasteiger partial charge in [0.2, 0.25) is 0 Å². The molecule has 2 N–H and O–H groups in total. The van der Waals surface area contributed by atoms with Gasteiger partial charge in [-0.1, -0.05) is 20.8 Å². The summed E-state index contributed by atoms with van der Waals surface area (Å²) in [6.07, 6.45) is 2.05. The highest BCUT2D eigenvalue weighted by Gasteiger charge is 2.33. The van der Waals surface area contributed by atoms with Crippen LogP contribution in [0.5, 0.6) is 0 Å². The SMILES string of the molecule is CN(c1ccc2c(c1)nc(C(C)(C)C)n2CC1CCOCC1)S(=O)(=O)N1CCN(C(=O)NCCO)CC1. The minimum absolute atomic E-state index is 0.139. The lowest BCUT2D eigenvalue weighted by atomic mass is 9.94. The number of fused-ring (bicyclic) bond motifs is 1. The van der Waals surface area contributed by atoms with Gasteiger partial charge in [-0.15, -0.1) is 0 Å². The Morgan fingerprint density at radius 2 is 1.86 bits per heavy atom. The number of hydrogen-bond acceptors (Lipinski definition) is 6. The summed E-state index contributed by atoms with van der Waals surface area (Å²) in [5, 5.41) is 11.5. The number of rotatable bonds is 7. The molecule has 0 radical (unpaired) electrons. The number of carbonyl (C=O) groups excluding carboxylic acids is 1. The van der Waals surface area contributed by atoms with Gasteiger partial charge >= 0.3 is 16.2 Å². The van der Waals surface area contributed by atoms with Crippen molar-refractivity contribution in [2.75, 3.05) is 63.9 Å². The van der Waals surface area contributed by atoms with E-state index in [1.165, 1.54) is 8.61 Å². The van der Waals surface area contributed by atoms with E-state index < -0.39 is 10.2 Å². The van der Waals surface area contributed by atoms with Crippen molar-refractivity contribution in [2.24, 2.45) is 5.92 Å². The first-order chi connectivity index (χ1) is 17.5. The maximum atomic E-state index is 13.4. The van der Waals surface area contributed by atoms with Gasteiger partial charge in [-0.25, -0.2) is 9.78 Å². The van der Waals surface area contributed by atoms with Crippen LogP contribution in [-0.4, -0.2) is 97.9 Å². The van der Waals surface area contributed by atoms with Crippen LogP contribution in [0, 0.1) is 5.92 Å². The van der Waals surface area contributed by atoms with Crippen molar-refractivity contribution in [3.63, 3.8) is 0 Å². The monoisotopic (exact) mass is 536 g/mol. The summed E-state index contributed by atoms with van der Waals surface area (Å²) in [4.78, 5) is 18.7. The van der Waals surface area contributed by atoms with Crippen molar-refractivity contribution < 1.29 is 23.1 Å². The fourth-order valence-electron chi connectivity index (χ4n) is 4.96. The highest BCUT2D eigenvalue weighted by Crippen LogP contribution is 2.32. The third-order valence-electron chi connectivity index (χ3n) is 7.13. The van der Waals surface area contributed by atoms with Crippen LogP contribution in [0.25, 0.3) is 11.0 Å². The first kappa shape index (κ1) is 27.6. The molecule has 2 aromatic rings. The number of aromatic nitrogens is 2. The summed E-state index contributed by atoms with van der Waals surface area (Å²) in [5.41, 5.74) is 2.17. The Bertz CT molecular complexity index is 1190. The number of ether oxygens (including phenoxy) is 1. The highest BCUT2D eigenvalue weighted by atomic mass is 32.2. The molecule has 2 amide bonds. The predicted molar refractivity (Wildman–Crippen MR) is 143 cm³/mol. The molecular weight excluding hydrogens is 496 g/mol. The second-order valence-electron chi connectivity index (χ2n) is 10.8. The van der Waals surface area contributed by atoms with Gasteiger partial charge in [0.1, 0.15) is 5.82 Å². The molecule has 0 bridgehead atoms. The molecule has 2 fully saturated rings. The Morgan fingerprint density at radius 3 is 2.49 bits per heavy atom. The largest absolute Gasteiger partial charge is 0.395 e. The highest BCUT2D eigenvalue weighted by molar-refractivity contribution is 7.90. The van der Waals surface area contributed by atoms with Crippen LogP contribution in [0.1, 0.15) is 39.4 Å². The number of piperazine rings is 1. The quantitative estimate of drug-likeness (QED) is 0.557. The molecule has 206 valence electrons. The molecule has 37 heavy (non-hydrogen) atoms. The average molecular weight is 537 g/mol. The van der Waals surface area contributed by atoms with Gasteiger partial charge in [0.05, 0.1) is 23.3 Å². The number of carbonyl (C=O) groups is 1. The maximum Gasteiger partial charge on any atom is 0.317 e. The van der Waals surface area contributed by atoms with Crippen LogP contribution in [-0.2, 0) is 26.9 Å². The summed E-state index contributed by atoms with van der Waals surface area (Å²) in [6, 6.07) is 5.37. The Balaban J connectivity index is 1.54. The Kier molecular flexibility index (Phi) is 8.32. The average Bonchev–Trinajstić information content (AvgIpc) is 3.25. The summed E-state index contributed by atoms with van der Waals surface area (Å²) in [5.74, 6) is 1.52. The normalized spacial score (nSPS) is 18.4. The first-order valence-corrected chi connectivity index (χ1v) is 14.4. The van der Waals surface area contributed by atoms with Crippen molar-refractivity contribution in [1.29, 1.82) is 0 Å². The third-order valence-corrected chi connectivity index (χ3v) is 9.05. The molecule has 4 rings (SSSR count). The van der Waals surface area contributed by atoms with E-state index in [4.69, 9.17) is 14.8 Å². The van der Waals surface area contributed by atoms with Crippen LogP contribution in [0.3, 0.4) is 0 Å². The molecule has 0 atom stereocenters. The van der Waals surface area contributed by atoms with E-state index in [1.807, 2.05) is 18.2 Å². The summed E-state index contributed by atoms with van der Waals surface area (Å²) >= 11 is 0. The lowest BCUT2D eigenvalue weighted by molar-refractivity contribution is 0.0611. The number of aliphatic hydroxyl groups is 1. The molecule has 0 unspecified atom stereocenters. The molecular formula is C25H40N6O5S. The van der Waals surface area contributed by atoms with Gasteiger partial charge in [-0.05, 0) is 37.0 Å². The lowest BCUT2D eigenvalue weighted by Gasteiger charge is -2.36. The number of nitrogens with zero attached hydrogens (tertiary/aromatic N) is 5. The minimum Gasteiger partial charge on any atom is -0.395 e. The molecule has 2 saturated heterocycles. The van der Waals surface area contributed by atoms with Crippen LogP contribution < -0.4 is 9.62 Å². The molecule has 0 aliphatic carbocycles. The van der Waals surface area contributed by atoms with E-state index >= 15 is 0 Å². The Morgan fingerprint density at radius 1 is 1.19 bits per heavy atom. The van der Waals surface area contributed by atoms with E-state index in [0.717, 1.165) is 49.5 Å². The van der Waals surface area contributed by atoms with E-state index in [1.54, 1.807) is 11.9 Å². The van der Waals surface area contributed by atoms with Gasteiger partial charge in [-0.3, -0.25) is 4.31 Å². The smallest absolute Gasteiger partial charge is 0.317 e. The first-order valence-electron chi connectivity index (χ1n) is 13.0. The van der Waals surface area contributed by atoms with Crippen LogP contribution >= 0.6 is 0 Å². The molecule has 1 aromatic heterocycles. The molecule has 2 aliphatic heterocycles. The Labute approximate surface area is 219 Å². The number of urea groups is 1. The summed E-state index contributed by atoms with van der Waals surface area (Å²) in [6.45, 7) is 9.91. The number of anilines is 1. The number of benzene rings is 1. The van der Waals surface area contributed by atoms with Crippen molar-refractivity contribution >= 4 is 33.0 Å². The van der Waals surface area contributed by atoms with Crippen molar-refractivity contribution in [3.8, 4) is 0 Å². The van der Waals surface area contributed by atoms with Gasteiger partial charge in [-0.2, -0.15) is 12.7 Å². The predicted octanol–water partition coefficient (Wildman–Crippen LogP) is 1.76. The zero-order valence-corrected chi connectivity index (χ0v) is 23.1. The van der Waals surface area contributed by atoms with Crippen LogP contribution in [0.2, 0.25) is 0 Å². The maximum absolute atomic E-state index is 13.4. The van der Waals surface area contributed by atoms with Crippen molar-refractivity contribution in [3.05, 3.63) is 24.0 Å². The summed E-state index contributed by atoms with van der Waals surface area (Å²) in [7, 11) is -2.23. The number of imidazole rings is 1. The van der Waals surface area contributed by atoms with Crippen molar-refractivity contribution in [1.82, 2.24) is 24.1 Å². The van der Waals surface area contributed by atoms with Gasteiger partial charge < -0.3 is 24.6 Å². The van der Waals surface area contributed by atoms with E-state index in [-0.39, 0.29) is 50.8 Å². The van der Waals surface area contributed by atoms with Gasteiger partial charge in [0.15, 0.2) is 0 Å². The molecule has 3 heterocycles. The van der Waals surface area contributed by atoms with Crippen LogP contribution in [0.15, 0.2) is 18.2 Å². The van der Waals surface area contributed by atoms with Crippen molar-refractivity contribution in [2.45, 2.75) is 45.6 Å². The van der Waals surface area contributed by atoms with Gasteiger partial charge in [0.25, 0.3) is 0 Å². The second-order valence-corrected chi connectivity index (χ2v) is 12.8. The second kappa shape index (κ2) is 11.1. The molecule has 0 saturated carbocycles. The van der Waals surface area contributed by atoms with E-state index in [9.17, 15) is 13.2 Å². The van der Waals surface area contributed by atoms with E-state index in [2.05, 4.69) is 30.7 Å². The summed E-state index contributed by atoms with van der Waals surface area (Å²) < 4.78 is 37.4. The third kappa shape index (κ3) is 6.02. The molecule has 12 heteroatoms. The molecule has 1 aromatic carbocycles. The number of nitrogens with one attached hydrogen (secondary N) is 1. The zero-order valence-electron chi connectivity index (χ0n) is 22.3. The fraction of sp³-hybridized carbons (Fsp3) is 0.680. The fourth-order valence-corrected chi connectivity index (χ4v) is 6.31. The Hall–Kier alpha value is -2.41. The molecule has 0 spiro atoms. The van der Waals surface area contributed by atoms with Crippen LogP contribution in [0.4, 0.5) is 10.5 Å². The minimum atomic E-state index is -3.78. The molecule has 2 aliphatic rings.